The molecule has 0 saturated heterocycles. The van der Waals surface area contributed by atoms with Gasteiger partial charge in [0, 0.05) is 22.6 Å². The lowest BCUT2D eigenvalue weighted by atomic mass is 10.1. The van der Waals surface area contributed by atoms with E-state index in [1.165, 1.54) is 0 Å². The number of oxazole rings is 1. The van der Waals surface area contributed by atoms with E-state index in [9.17, 15) is 0 Å². The van der Waals surface area contributed by atoms with Crippen molar-refractivity contribution in [2.45, 2.75) is 32.9 Å². The van der Waals surface area contributed by atoms with E-state index >= 15 is 0 Å². The second kappa shape index (κ2) is 6.57. The average molecular weight is 394 g/mol. The second-order valence-corrected chi connectivity index (χ2v) is 7.18. The van der Waals surface area contributed by atoms with Crippen molar-refractivity contribution in [2.75, 3.05) is 0 Å². The summed E-state index contributed by atoms with van der Waals surface area (Å²) in [5.41, 5.74) is 0.752. The number of aromatic nitrogens is 1. The minimum absolute atomic E-state index is 0.00249. The molecule has 4 nitrogen and oxygen atoms in total. The number of rotatable bonds is 4. The molecule has 0 saturated carbocycles. The molecule has 0 bridgehead atoms. The Balaban J connectivity index is 2.07. The van der Waals surface area contributed by atoms with Crippen LogP contribution in [0.3, 0.4) is 0 Å². The van der Waals surface area contributed by atoms with Gasteiger partial charge in [0.05, 0.1) is 15.7 Å². The van der Waals surface area contributed by atoms with Gasteiger partial charge in [-0.3, -0.25) is 0 Å². The van der Waals surface area contributed by atoms with Crippen LogP contribution < -0.4 is 10.1 Å². The number of ether oxygens (including phenoxy) is 1. The minimum Gasteiger partial charge on any atom is -0.417 e. The normalized spacial score (nSPS) is 11.7. The third-order valence-electron chi connectivity index (χ3n) is 2.50. The molecule has 0 aliphatic heterocycles. The highest BCUT2D eigenvalue weighted by molar-refractivity contribution is 9.10. The first-order chi connectivity index (χ1) is 9.74. The van der Waals surface area contributed by atoms with Crippen LogP contribution in [0.4, 0.5) is 0 Å². The molecule has 0 aliphatic rings. The number of benzene rings is 1. The quantitative estimate of drug-likeness (QED) is 0.704. The fraction of sp³-hybridized carbons (Fsp3) is 0.357. The van der Waals surface area contributed by atoms with Gasteiger partial charge in [-0.1, -0.05) is 23.2 Å². The van der Waals surface area contributed by atoms with Crippen molar-refractivity contribution in [1.29, 1.82) is 0 Å². The van der Waals surface area contributed by atoms with Crippen LogP contribution in [0.5, 0.6) is 11.8 Å². The highest BCUT2D eigenvalue weighted by Crippen LogP contribution is 2.36. The number of hydrogen-bond donors (Lipinski definition) is 1. The van der Waals surface area contributed by atoms with Gasteiger partial charge in [0.15, 0.2) is 5.75 Å². The maximum atomic E-state index is 6.08. The Bertz CT molecular complexity index is 638. The molecule has 21 heavy (non-hydrogen) atoms. The molecule has 1 aromatic carbocycles. The largest absolute Gasteiger partial charge is 0.417 e. The minimum atomic E-state index is 0.00249. The zero-order valence-electron chi connectivity index (χ0n) is 11.8. The van der Waals surface area contributed by atoms with E-state index in [-0.39, 0.29) is 11.6 Å². The van der Waals surface area contributed by atoms with Crippen LogP contribution in [-0.4, -0.2) is 10.5 Å². The average Bonchev–Trinajstić information content (AvgIpc) is 2.80. The van der Waals surface area contributed by atoms with E-state index < -0.39 is 0 Å². The molecule has 0 aliphatic carbocycles. The van der Waals surface area contributed by atoms with Crippen molar-refractivity contribution < 1.29 is 9.15 Å². The Morgan fingerprint density at radius 1 is 1.29 bits per heavy atom. The summed E-state index contributed by atoms with van der Waals surface area (Å²) in [5, 5.41) is 4.22. The number of nitrogens with one attached hydrogen (secondary N) is 1. The summed E-state index contributed by atoms with van der Waals surface area (Å²) in [6.07, 6.45) is 1.67. The lowest BCUT2D eigenvalue weighted by Crippen LogP contribution is -2.35. The molecule has 0 radical (unpaired) electrons. The summed E-state index contributed by atoms with van der Waals surface area (Å²) < 4.78 is 11.5. The summed E-state index contributed by atoms with van der Waals surface area (Å²) in [6, 6.07) is 3.26. The lowest BCUT2D eigenvalue weighted by Gasteiger charge is -2.19. The fourth-order valence-corrected chi connectivity index (χ4v) is 2.28. The molecule has 114 valence electrons. The van der Waals surface area contributed by atoms with E-state index in [0.717, 1.165) is 5.69 Å². The van der Waals surface area contributed by atoms with Gasteiger partial charge in [-0.05, 0) is 42.8 Å². The molecule has 0 spiro atoms. The Morgan fingerprint density at radius 3 is 2.67 bits per heavy atom. The van der Waals surface area contributed by atoms with Crippen LogP contribution in [-0.2, 0) is 6.54 Å². The molecular formula is C14H15BrCl2N2O2. The molecule has 2 rings (SSSR count). The van der Waals surface area contributed by atoms with Gasteiger partial charge in [0.2, 0.25) is 0 Å². The monoisotopic (exact) mass is 392 g/mol. The van der Waals surface area contributed by atoms with Crippen molar-refractivity contribution >= 4 is 39.1 Å². The molecule has 1 aromatic heterocycles. The zero-order chi connectivity index (χ0) is 15.6. The highest BCUT2D eigenvalue weighted by Gasteiger charge is 2.14. The van der Waals surface area contributed by atoms with Gasteiger partial charge < -0.3 is 14.5 Å². The summed E-state index contributed by atoms with van der Waals surface area (Å²) in [5.74, 6) is 0.391. The maximum absolute atomic E-state index is 6.08. The Kier molecular flexibility index (Phi) is 5.20. The predicted molar refractivity (Wildman–Crippen MR) is 87.3 cm³/mol. The molecule has 2 aromatic rings. The summed E-state index contributed by atoms with van der Waals surface area (Å²) in [4.78, 5) is 4.24. The lowest BCUT2D eigenvalue weighted by molar-refractivity contribution is 0.331. The van der Waals surface area contributed by atoms with E-state index in [1.807, 2.05) is 0 Å². The first-order valence-corrected chi connectivity index (χ1v) is 7.81. The zero-order valence-corrected chi connectivity index (χ0v) is 14.9. The SMILES string of the molecule is CC(C)(C)NCc1coc(Oc2cc(Cl)c(Br)cc2Cl)n1. The van der Waals surface area contributed by atoms with Gasteiger partial charge >= 0.3 is 6.08 Å². The number of hydrogen-bond acceptors (Lipinski definition) is 4. The first kappa shape index (κ1) is 16.6. The highest BCUT2D eigenvalue weighted by atomic mass is 79.9. The molecule has 1 N–H and O–H groups in total. The Hall–Kier alpha value is -0.750. The van der Waals surface area contributed by atoms with Gasteiger partial charge in [0.1, 0.15) is 6.26 Å². The molecule has 7 heteroatoms. The molecule has 0 unspecified atom stereocenters. The number of halogens is 3. The summed E-state index contributed by atoms with van der Waals surface area (Å²) in [6.45, 7) is 6.82. The smallest absolute Gasteiger partial charge is 0.399 e. The second-order valence-electron chi connectivity index (χ2n) is 5.51. The van der Waals surface area contributed by atoms with Crippen molar-refractivity contribution in [1.82, 2.24) is 10.3 Å². The molecule has 0 atom stereocenters. The van der Waals surface area contributed by atoms with Gasteiger partial charge in [-0.15, -0.1) is 0 Å². The van der Waals surface area contributed by atoms with Crippen molar-refractivity contribution in [3.05, 3.63) is 38.6 Å². The van der Waals surface area contributed by atoms with E-state index in [0.29, 0.717) is 26.8 Å². The maximum Gasteiger partial charge on any atom is 0.399 e. The van der Waals surface area contributed by atoms with Crippen LogP contribution in [0.2, 0.25) is 10.0 Å². The van der Waals surface area contributed by atoms with Crippen LogP contribution >= 0.6 is 39.1 Å². The van der Waals surface area contributed by atoms with E-state index in [1.54, 1.807) is 18.4 Å². The predicted octanol–water partition coefficient (Wildman–Crippen LogP) is 5.42. The molecule has 1 heterocycles. The summed E-state index contributed by atoms with van der Waals surface area (Å²) >= 11 is 15.4. The Morgan fingerprint density at radius 2 is 2.00 bits per heavy atom. The summed E-state index contributed by atoms with van der Waals surface area (Å²) in [7, 11) is 0. The third-order valence-corrected chi connectivity index (χ3v) is 4.00. The van der Waals surface area contributed by atoms with E-state index in [4.69, 9.17) is 32.4 Å². The van der Waals surface area contributed by atoms with Crippen molar-refractivity contribution in [2.24, 2.45) is 0 Å². The Labute approximate surface area is 141 Å². The van der Waals surface area contributed by atoms with Crippen LogP contribution in [0.25, 0.3) is 0 Å². The van der Waals surface area contributed by atoms with Crippen molar-refractivity contribution in [3.63, 3.8) is 0 Å². The van der Waals surface area contributed by atoms with Crippen LogP contribution in [0, 0.1) is 0 Å². The van der Waals surface area contributed by atoms with Gasteiger partial charge in [0.25, 0.3) is 0 Å². The topological polar surface area (TPSA) is 47.3 Å². The fourth-order valence-electron chi connectivity index (χ4n) is 1.45. The van der Waals surface area contributed by atoms with Crippen LogP contribution in [0.15, 0.2) is 27.3 Å². The first-order valence-electron chi connectivity index (χ1n) is 6.26. The van der Waals surface area contributed by atoms with Crippen molar-refractivity contribution in [3.8, 4) is 11.8 Å². The molecule has 0 fully saturated rings. The van der Waals surface area contributed by atoms with Gasteiger partial charge in [-0.25, -0.2) is 0 Å². The molecule has 0 amide bonds. The number of nitrogens with zero attached hydrogens (tertiary/aromatic N) is 1. The standard InChI is InChI=1S/C14H15BrCl2N2O2/c1-14(2,3)18-6-8-7-20-13(19-8)21-12-5-10(16)9(15)4-11(12)17/h4-5,7,18H,6H2,1-3H3. The third kappa shape index (κ3) is 4.88. The van der Waals surface area contributed by atoms with E-state index in [2.05, 4.69) is 47.0 Å². The molecular weight excluding hydrogens is 379 g/mol. The van der Waals surface area contributed by atoms with Crippen LogP contribution in [0.1, 0.15) is 26.5 Å². The van der Waals surface area contributed by atoms with Gasteiger partial charge in [-0.2, -0.15) is 4.98 Å².